The highest BCUT2D eigenvalue weighted by molar-refractivity contribution is 6.21. The Morgan fingerprint density at radius 3 is 2.57 bits per heavy atom. The maximum Gasteiger partial charge on any atom is 0.0515 e. The number of alkyl halides is 1. The lowest BCUT2D eigenvalue weighted by Gasteiger charge is -1.92. The van der Waals surface area contributed by atoms with E-state index in [1.54, 1.807) is 0 Å². The monoisotopic (exact) mass is 117 g/mol. The van der Waals surface area contributed by atoms with E-state index in [9.17, 15) is 0 Å². The standard InChI is InChI=1S/C6H10Cl/c1-3-5-6(7)4-2/h3,5-6H,2,4H2,1H3. The molecule has 0 aliphatic heterocycles. The van der Waals surface area contributed by atoms with Crippen LogP contribution in [0, 0.1) is 6.92 Å². The summed E-state index contributed by atoms with van der Waals surface area (Å²) in [4.78, 5) is 0. The van der Waals surface area contributed by atoms with Crippen molar-refractivity contribution >= 4 is 11.6 Å². The average Bonchev–Trinajstić information content (AvgIpc) is 1.68. The predicted molar refractivity (Wildman–Crippen MR) is 34.4 cm³/mol. The van der Waals surface area contributed by atoms with Crippen LogP contribution < -0.4 is 0 Å². The third-order valence-electron chi connectivity index (χ3n) is 0.677. The van der Waals surface area contributed by atoms with Gasteiger partial charge in [0.1, 0.15) is 0 Å². The number of halogens is 1. The summed E-state index contributed by atoms with van der Waals surface area (Å²) < 4.78 is 0. The van der Waals surface area contributed by atoms with Crippen molar-refractivity contribution in [2.24, 2.45) is 0 Å². The van der Waals surface area contributed by atoms with Crippen LogP contribution in [0.2, 0.25) is 0 Å². The van der Waals surface area contributed by atoms with Crippen molar-refractivity contribution in [3.05, 3.63) is 19.1 Å². The van der Waals surface area contributed by atoms with Crippen LogP contribution in [-0.2, 0) is 0 Å². The fraction of sp³-hybridized carbons (Fsp3) is 0.500. The summed E-state index contributed by atoms with van der Waals surface area (Å²) in [6.45, 7) is 5.57. The van der Waals surface area contributed by atoms with Crippen molar-refractivity contribution in [2.75, 3.05) is 0 Å². The molecule has 0 aliphatic rings. The van der Waals surface area contributed by atoms with Crippen LogP contribution >= 0.6 is 11.6 Å². The van der Waals surface area contributed by atoms with Gasteiger partial charge in [0.15, 0.2) is 0 Å². The quantitative estimate of drug-likeness (QED) is 0.385. The van der Waals surface area contributed by atoms with E-state index in [4.69, 9.17) is 11.6 Å². The molecule has 0 rings (SSSR count). The first-order valence-corrected chi connectivity index (χ1v) is 2.81. The molecule has 0 aromatic carbocycles. The smallest absolute Gasteiger partial charge is 0.0515 e. The molecule has 0 bridgehead atoms. The highest BCUT2D eigenvalue weighted by Crippen LogP contribution is 2.00. The van der Waals surface area contributed by atoms with Crippen LogP contribution in [0.1, 0.15) is 13.3 Å². The summed E-state index contributed by atoms with van der Waals surface area (Å²) in [6, 6.07) is 0. The SMILES string of the molecule is [CH2]CC(Cl)C=CC. The van der Waals surface area contributed by atoms with E-state index in [1.165, 1.54) is 0 Å². The normalized spacial score (nSPS) is 15.3. The lowest BCUT2D eigenvalue weighted by molar-refractivity contribution is 1.06. The Kier molecular flexibility index (Phi) is 4.21. The average molecular weight is 118 g/mol. The molecule has 0 fully saturated rings. The van der Waals surface area contributed by atoms with Gasteiger partial charge in [0.2, 0.25) is 0 Å². The zero-order valence-corrected chi connectivity index (χ0v) is 5.28. The zero-order valence-electron chi connectivity index (χ0n) is 4.52. The Bertz CT molecular complexity index is 57.2. The second-order valence-corrected chi connectivity index (χ2v) is 1.89. The number of allylic oxidation sites excluding steroid dienone is 2. The van der Waals surface area contributed by atoms with E-state index >= 15 is 0 Å². The van der Waals surface area contributed by atoms with E-state index in [1.807, 2.05) is 19.1 Å². The second-order valence-electron chi connectivity index (χ2n) is 1.33. The molecule has 1 heteroatoms. The van der Waals surface area contributed by atoms with Gasteiger partial charge in [-0.3, -0.25) is 0 Å². The molecule has 0 N–H and O–H groups in total. The summed E-state index contributed by atoms with van der Waals surface area (Å²) in [7, 11) is 0. The van der Waals surface area contributed by atoms with Crippen LogP contribution in [0.15, 0.2) is 12.2 Å². The first kappa shape index (κ1) is 7.03. The fourth-order valence-corrected chi connectivity index (χ4v) is 0.451. The molecule has 1 radical (unpaired) electrons. The molecular formula is C6H10Cl. The molecule has 1 unspecified atom stereocenters. The van der Waals surface area contributed by atoms with E-state index < -0.39 is 0 Å². The van der Waals surface area contributed by atoms with Gasteiger partial charge in [-0.05, 0) is 13.3 Å². The van der Waals surface area contributed by atoms with Gasteiger partial charge in [-0.1, -0.05) is 19.1 Å². The van der Waals surface area contributed by atoms with Gasteiger partial charge >= 0.3 is 0 Å². The van der Waals surface area contributed by atoms with Crippen molar-refractivity contribution in [3.63, 3.8) is 0 Å². The Balaban J connectivity index is 3.16. The molecule has 0 heterocycles. The van der Waals surface area contributed by atoms with Crippen LogP contribution in [0.25, 0.3) is 0 Å². The van der Waals surface area contributed by atoms with Gasteiger partial charge in [-0.2, -0.15) is 0 Å². The van der Waals surface area contributed by atoms with Gasteiger partial charge < -0.3 is 0 Å². The third kappa shape index (κ3) is 3.87. The molecule has 0 amide bonds. The molecule has 0 spiro atoms. The summed E-state index contributed by atoms with van der Waals surface area (Å²) >= 11 is 5.62. The van der Waals surface area contributed by atoms with Crippen LogP contribution in [0.3, 0.4) is 0 Å². The minimum Gasteiger partial charge on any atom is -0.118 e. The summed E-state index contributed by atoms with van der Waals surface area (Å²) in [5, 5.41) is 0.130. The highest BCUT2D eigenvalue weighted by atomic mass is 35.5. The maximum atomic E-state index is 5.62. The van der Waals surface area contributed by atoms with Crippen LogP contribution in [-0.4, -0.2) is 5.38 Å². The van der Waals surface area contributed by atoms with Gasteiger partial charge in [0.25, 0.3) is 0 Å². The zero-order chi connectivity index (χ0) is 5.70. The first-order chi connectivity index (χ1) is 3.31. The van der Waals surface area contributed by atoms with E-state index in [-0.39, 0.29) is 5.38 Å². The molecule has 0 aromatic heterocycles. The van der Waals surface area contributed by atoms with E-state index in [0.717, 1.165) is 6.42 Å². The first-order valence-electron chi connectivity index (χ1n) is 2.37. The van der Waals surface area contributed by atoms with Crippen LogP contribution in [0.5, 0.6) is 0 Å². The van der Waals surface area contributed by atoms with Crippen molar-refractivity contribution in [1.82, 2.24) is 0 Å². The Labute approximate surface area is 50.2 Å². The molecule has 0 aromatic rings. The minimum absolute atomic E-state index is 0.130. The second kappa shape index (κ2) is 4.20. The molecule has 0 saturated carbocycles. The highest BCUT2D eigenvalue weighted by Gasteiger charge is 1.89. The van der Waals surface area contributed by atoms with E-state index in [0.29, 0.717) is 0 Å². The molecule has 41 valence electrons. The van der Waals surface area contributed by atoms with Crippen molar-refractivity contribution in [2.45, 2.75) is 18.7 Å². The summed E-state index contributed by atoms with van der Waals surface area (Å²) in [6.07, 6.45) is 4.63. The molecule has 1 atom stereocenters. The fourth-order valence-electron chi connectivity index (χ4n) is 0.305. The Morgan fingerprint density at radius 1 is 1.86 bits per heavy atom. The molecule has 0 aliphatic carbocycles. The molecular weight excluding hydrogens is 108 g/mol. The van der Waals surface area contributed by atoms with E-state index in [2.05, 4.69) is 6.92 Å². The third-order valence-corrected chi connectivity index (χ3v) is 1.04. The molecule has 7 heavy (non-hydrogen) atoms. The minimum atomic E-state index is 0.130. The van der Waals surface area contributed by atoms with Gasteiger partial charge in [0.05, 0.1) is 5.38 Å². The number of hydrogen-bond donors (Lipinski definition) is 0. The lowest BCUT2D eigenvalue weighted by Crippen LogP contribution is -1.86. The van der Waals surface area contributed by atoms with Gasteiger partial charge in [-0.25, -0.2) is 0 Å². The molecule has 0 saturated heterocycles. The van der Waals surface area contributed by atoms with Gasteiger partial charge in [0, 0.05) is 0 Å². The molecule has 0 nitrogen and oxygen atoms in total. The summed E-state index contributed by atoms with van der Waals surface area (Å²) in [5.41, 5.74) is 0. The lowest BCUT2D eigenvalue weighted by atomic mass is 10.3. The Morgan fingerprint density at radius 2 is 2.43 bits per heavy atom. The number of hydrogen-bond acceptors (Lipinski definition) is 0. The summed E-state index contributed by atoms with van der Waals surface area (Å²) in [5.74, 6) is 0. The number of rotatable bonds is 2. The van der Waals surface area contributed by atoms with Crippen molar-refractivity contribution in [3.8, 4) is 0 Å². The van der Waals surface area contributed by atoms with Gasteiger partial charge in [-0.15, -0.1) is 11.6 Å². The Hall–Kier alpha value is 0.0300. The van der Waals surface area contributed by atoms with Crippen LogP contribution in [0.4, 0.5) is 0 Å². The predicted octanol–water partition coefficient (Wildman–Crippen LogP) is 2.39. The largest absolute Gasteiger partial charge is 0.118 e. The van der Waals surface area contributed by atoms with Crippen molar-refractivity contribution < 1.29 is 0 Å². The maximum absolute atomic E-state index is 5.62. The van der Waals surface area contributed by atoms with Crippen molar-refractivity contribution in [1.29, 1.82) is 0 Å². The topological polar surface area (TPSA) is 0 Å².